The van der Waals surface area contributed by atoms with Crippen molar-refractivity contribution in [3.8, 4) is 0 Å². The molecule has 2 atom stereocenters. The van der Waals surface area contributed by atoms with Gasteiger partial charge in [-0.15, -0.1) is 0 Å². The van der Waals surface area contributed by atoms with Crippen LogP contribution < -0.4 is 0 Å². The van der Waals surface area contributed by atoms with E-state index in [0.717, 1.165) is 6.61 Å². The Hall–Kier alpha value is 0.310. The van der Waals surface area contributed by atoms with Crippen molar-refractivity contribution in [3.63, 3.8) is 0 Å². The second-order valence-electron chi connectivity index (χ2n) is 1.61. The molecule has 0 aromatic rings. The summed E-state index contributed by atoms with van der Waals surface area (Å²) >= 11 is 0. The first-order chi connectivity index (χ1) is 3.93. The summed E-state index contributed by atoms with van der Waals surface area (Å²) in [5.74, 6) is 0. The maximum Gasteiger partial charge on any atom is 0.149 e. The van der Waals surface area contributed by atoms with Crippen LogP contribution in [0.15, 0.2) is 0 Å². The predicted molar refractivity (Wildman–Crippen MR) is 31.4 cm³/mol. The van der Waals surface area contributed by atoms with Crippen LogP contribution in [0.2, 0.25) is 0 Å². The topological polar surface area (TPSA) is 31.0 Å². The third-order valence-electron chi connectivity index (χ3n) is 0.857. The fraction of sp³-hybridized carbons (Fsp3) is 1.00. The lowest BCUT2D eigenvalue weighted by atomic mass is 10.5. The van der Waals surface area contributed by atoms with E-state index in [4.69, 9.17) is 9.47 Å². The van der Waals surface area contributed by atoms with E-state index in [1.165, 1.54) is 0 Å². The van der Waals surface area contributed by atoms with Gasteiger partial charge in [-0.05, 0) is 0 Å². The second kappa shape index (κ2) is 3.36. The largest absolute Gasteiger partial charge is 0.371 e. The Bertz CT molecular complexity index is 64.3. The van der Waals surface area contributed by atoms with E-state index in [1.54, 1.807) is 0 Å². The summed E-state index contributed by atoms with van der Waals surface area (Å²) in [5.41, 5.74) is 0. The number of hydrogen-bond donors (Lipinski definition) is 0. The zero-order valence-electron chi connectivity index (χ0n) is 4.50. The molecular weight excluding hydrogens is 127 g/mol. The van der Waals surface area contributed by atoms with Crippen LogP contribution in [0.25, 0.3) is 0 Å². The van der Waals surface area contributed by atoms with Crippen LogP contribution in [0.5, 0.6) is 0 Å². The van der Waals surface area contributed by atoms with Crippen molar-refractivity contribution >= 4 is 9.47 Å². The third kappa shape index (κ3) is 2.58. The molecule has 0 amide bonds. The highest BCUT2D eigenvalue weighted by Crippen LogP contribution is 2.08. The summed E-state index contributed by atoms with van der Waals surface area (Å²) < 4.78 is 14.4. The van der Waals surface area contributed by atoms with Crippen LogP contribution in [0, 0.1) is 0 Å². The Labute approximate surface area is 50.6 Å². The van der Waals surface area contributed by atoms with Crippen molar-refractivity contribution in [2.75, 3.05) is 20.0 Å². The van der Waals surface area contributed by atoms with E-state index in [-0.39, 0.29) is 0 Å². The highest BCUT2D eigenvalue weighted by atomic mass is 31.0. The van der Waals surface area contributed by atoms with Crippen molar-refractivity contribution in [1.82, 2.24) is 0 Å². The van der Waals surface area contributed by atoms with E-state index in [9.17, 15) is 0 Å². The van der Waals surface area contributed by atoms with Crippen LogP contribution in [0.3, 0.4) is 0 Å². The van der Waals surface area contributed by atoms with Gasteiger partial charge in [-0.1, -0.05) is 0 Å². The Morgan fingerprint density at radius 3 is 3.00 bits per heavy atom. The third-order valence-corrected chi connectivity index (χ3v) is 0.994. The number of epoxide rings is 1. The lowest BCUT2D eigenvalue weighted by molar-refractivity contribution is 0.0190. The minimum Gasteiger partial charge on any atom is -0.371 e. The van der Waals surface area contributed by atoms with Gasteiger partial charge in [-0.25, -0.2) is 0 Å². The van der Waals surface area contributed by atoms with Gasteiger partial charge in [-0.3, -0.25) is 0 Å². The first kappa shape index (κ1) is 6.43. The lowest BCUT2D eigenvalue weighted by Crippen LogP contribution is -2.01. The molecule has 0 N–H and O–H groups in total. The van der Waals surface area contributed by atoms with Gasteiger partial charge in [0.25, 0.3) is 0 Å². The molecule has 48 valence electrons. The molecular formula is C4H9O3P. The predicted octanol–water partition coefficient (Wildman–Crippen LogP) is 0.166. The number of hydrogen-bond acceptors (Lipinski definition) is 3. The van der Waals surface area contributed by atoms with Gasteiger partial charge >= 0.3 is 0 Å². The Kier molecular flexibility index (Phi) is 2.70. The van der Waals surface area contributed by atoms with Gasteiger partial charge in [0, 0.05) is 9.47 Å². The molecule has 1 saturated heterocycles. The maximum absolute atomic E-state index is 4.94. The Balaban J connectivity index is 1.74. The van der Waals surface area contributed by atoms with Crippen molar-refractivity contribution < 1.29 is 14.0 Å². The maximum atomic E-state index is 4.94. The van der Waals surface area contributed by atoms with Gasteiger partial charge in [0.1, 0.15) is 12.9 Å². The van der Waals surface area contributed by atoms with E-state index in [1.807, 2.05) is 0 Å². The minimum atomic E-state index is 0.338. The highest BCUT2D eigenvalue weighted by molar-refractivity contribution is 7.09. The molecule has 0 saturated carbocycles. The van der Waals surface area contributed by atoms with Crippen molar-refractivity contribution in [2.45, 2.75) is 6.10 Å². The van der Waals surface area contributed by atoms with Crippen molar-refractivity contribution in [1.29, 1.82) is 0 Å². The van der Waals surface area contributed by atoms with Crippen LogP contribution in [0.4, 0.5) is 0 Å². The molecule has 0 spiro atoms. The average molecular weight is 136 g/mol. The summed E-state index contributed by atoms with van der Waals surface area (Å²) in [6.07, 6.45) is 0.343. The summed E-state index contributed by atoms with van der Waals surface area (Å²) in [6.45, 7) is 1.84. The normalized spacial score (nSPS) is 25.9. The summed E-state index contributed by atoms with van der Waals surface area (Å²) in [5, 5.41) is 0. The number of rotatable bonds is 4. The van der Waals surface area contributed by atoms with Gasteiger partial charge < -0.3 is 14.0 Å². The average Bonchev–Trinajstić information content (AvgIpc) is 2.51. The molecule has 3 nitrogen and oxygen atoms in total. The molecule has 1 aliphatic rings. The van der Waals surface area contributed by atoms with E-state index in [2.05, 4.69) is 14.0 Å². The van der Waals surface area contributed by atoms with Gasteiger partial charge in [0.05, 0.1) is 13.2 Å². The molecule has 0 aliphatic carbocycles. The molecule has 1 aliphatic heterocycles. The lowest BCUT2D eigenvalue weighted by Gasteiger charge is -1.96. The van der Waals surface area contributed by atoms with Crippen molar-refractivity contribution in [2.24, 2.45) is 0 Å². The quantitative estimate of drug-likeness (QED) is 0.239. The second-order valence-corrected chi connectivity index (χ2v) is 1.94. The highest BCUT2D eigenvalue weighted by Gasteiger charge is 2.21. The van der Waals surface area contributed by atoms with Crippen LogP contribution in [-0.4, -0.2) is 26.1 Å². The van der Waals surface area contributed by atoms with E-state index >= 15 is 0 Å². The standard InChI is InChI=1S/C4H9O3P/c8-7-3-5-1-4-2-6-4/h4H,1-3,8H2. The van der Waals surface area contributed by atoms with E-state index in [0.29, 0.717) is 19.5 Å². The van der Waals surface area contributed by atoms with Gasteiger partial charge in [0.15, 0.2) is 0 Å². The summed E-state index contributed by atoms with van der Waals surface area (Å²) in [4.78, 5) is 0. The first-order valence-electron chi connectivity index (χ1n) is 2.44. The fourth-order valence-corrected chi connectivity index (χ4v) is 0.488. The Morgan fingerprint density at radius 2 is 2.50 bits per heavy atom. The van der Waals surface area contributed by atoms with E-state index < -0.39 is 0 Å². The smallest absolute Gasteiger partial charge is 0.149 e. The zero-order valence-corrected chi connectivity index (χ0v) is 5.66. The molecule has 0 aromatic heterocycles. The molecule has 2 unspecified atom stereocenters. The minimum absolute atomic E-state index is 0.338. The van der Waals surface area contributed by atoms with Crippen LogP contribution >= 0.6 is 9.47 Å². The molecule has 0 radical (unpaired) electrons. The fourth-order valence-electron chi connectivity index (χ4n) is 0.392. The molecule has 8 heavy (non-hydrogen) atoms. The monoisotopic (exact) mass is 136 g/mol. The molecule has 4 heteroatoms. The molecule has 1 fully saturated rings. The zero-order chi connectivity index (χ0) is 5.82. The van der Waals surface area contributed by atoms with Gasteiger partial charge in [0.2, 0.25) is 0 Å². The first-order valence-corrected chi connectivity index (χ1v) is 2.91. The van der Waals surface area contributed by atoms with Crippen LogP contribution in [0.1, 0.15) is 0 Å². The summed E-state index contributed by atoms with van der Waals surface area (Å²) in [7, 11) is 2.12. The van der Waals surface area contributed by atoms with Crippen molar-refractivity contribution in [3.05, 3.63) is 0 Å². The summed E-state index contributed by atoms with van der Waals surface area (Å²) in [6, 6.07) is 0. The SMILES string of the molecule is POCOCC1CO1. The number of ether oxygens (including phenoxy) is 2. The Morgan fingerprint density at radius 1 is 1.75 bits per heavy atom. The molecule has 0 aromatic carbocycles. The van der Waals surface area contributed by atoms with Crippen LogP contribution in [-0.2, 0) is 14.0 Å². The van der Waals surface area contributed by atoms with Gasteiger partial charge in [-0.2, -0.15) is 0 Å². The molecule has 1 heterocycles. The molecule has 0 bridgehead atoms. The molecule has 1 rings (SSSR count).